The first-order valence-electron chi connectivity index (χ1n) is 6.94. The van der Waals surface area contributed by atoms with Crippen molar-refractivity contribution in [1.29, 1.82) is 0 Å². The van der Waals surface area contributed by atoms with Gasteiger partial charge in [0.15, 0.2) is 5.78 Å². The highest BCUT2D eigenvalue weighted by Gasteiger charge is 2.03. The molecule has 0 radical (unpaired) electrons. The topological polar surface area (TPSA) is 35.5 Å². The summed E-state index contributed by atoms with van der Waals surface area (Å²) in [6.07, 6.45) is 1.81. The van der Waals surface area contributed by atoms with Crippen molar-refractivity contribution >= 4 is 5.78 Å². The third-order valence-corrected chi connectivity index (χ3v) is 3.47. The highest BCUT2D eigenvalue weighted by molar-refractivity contribution is 5.93. The van der Waals surface area contributed by atoms with Gasteiger partial charge in [-0.05, 0) is 43.0 Å². The fraction of sp³-hybridized carbons (Fsp3) is 0.278. The summed E-state index contributed by atoms with van der Waals surface area (Å²) in [7, 11) is 3.30. The van der Waals surface area contributed by atoms with Gasteiger partial charge in [0.25, 0.3) is 0 Å². The first kappa shape index (κ1) is 15.1. The van der Waals surface area contributed by atoms with Crippen molar-refractivity contribution in [2.45, 2.75) is 19.8 Å². The number of carbonyl (C=O) groups excluding carboxylic acids is 1. The van der Waals surface area contributed by atoms with E-state index in [0.717, 1.165) is 29.9 Å². The van der Waals surface area contributed by atoms with Crippen LogP contribution in [0.1, 0.15) is 28.4 Å². The van der Waals surface area contributed by atoms with E-state index in [9.17, 15) is 4.79 Å². The number of ketones is 1. The Labute approximate surface area is 125 Å². The number of ether oxygens (including phenoxy) is 2. The summed E-state index contributed by atoms with van der Waals surface area (Å²) in [5, 5.41) is 0. The SMILES string of the molecule is COc1cc(CCc2ccc(C(C)=O)cc2)cc(OC)c1. The number of Topliss-reactive ketones (excluding diaryl/α,β-unsaturated/α-hetero) is 1. The van der Waals surface area contributed by atoms with Crippen LogP contribution in [0.3, 0.4) is 0 Å². The Morgan fingerprint density at radius 2 is 1.38 bits per heavy atom. The summed E-state index contributed by atoms with van der Waals surface area (Å²) in [5.74, 6) is 1.70. The number of aryl methyl sites for hydroxylation is 2. The van der Waals surface area contributed by atoms with Crippen LogP contribution < -0.4 is 9.47 Å². The summed E-state index contributed by atoms with van der Waals surface area (Å²) in [5.41, 5.74) is 3.13. The minimum Gasteiger partial charge on any atom is -0.497 e. The second-order valence-electron chi connectivity index (χ2n) is 4.97. The Morgan fingerprint density at radius 1 is 0.857 bits per heavy atom. The molecular weight excluding hydrogens is 264 g/mol. The Morgan fingerprint density at radius 3 is 1.86 bits per heavy atom. The summed E-state index contributed by atoms with van der Waals surface area (Å²) in [4.78, 5) is 11.2. The zero-order valence-corrected chi connectivity index (χ0v) is 12.7. The molecule has 0 atom stereocenters. The number of hydrogen-bond acceptors (Lipinski definition) is 3. The van der Waals surface area contributed by atoms with E-state index in [-0.39, 0.29) is 5.78 Å². The third-order valence-electron chi connectivity index (χ3n) is 3.47. The Kier molecular flexibility index (Phi) is 4.99. The molecule has 3 heteroatoms. The Balaban J connectivity index is 2.06. The lowest BCUT2D eigenvalue weighted by Crippen LogP contribution is -1.96. The van der Waals surface area contributed by atoms with E-state index < -0.39 is 0 Å². The molecule has 0 aromatic heterocycles. The Bertz CT molecular complexity index is 593. The molecule has 110 valence electrons. The van der Waals surface area contributed by atoms with Crippen LogP contribution in [0.2, 0.25) is 0 Å². The van der Waals surface area contributed by atoms with Crippen molar-refractivity contribution in [3.05, 3.63) is 59.2 Å². The molecule has 2 aromatic rings. The van der Waals surface area contributed by atoms with Crippen LogP contribution in [0.4, 0.5) is 0 Å². The van der Waals surface area contributed by atoms with E-state index in [2.05, 4.69) is 0 Å². The van der Waals surface area contributed by atoms with E-state index >= 15 is 0 Å². The van der Waals surface area contributed by atoms with Gasteiger partial charge in [-0.25, -0.2) is 0 Å². The molecule has 0 aliphatic heterocycles. The molecule has 0 saturated heterocycles. The predicted octanol–water partition coefficient (Wildman–Crippen LogP) is 3.69. The van der Waals surface area contributed by atoms with Crippen molar-refractivity contribution in [3.63, 3.8) is 0 Å². The number of hydrogen-bond donors (Lipinski definition) is 0. The van der Waals surface area contributed by atoms with Crippen molar-refractivity contribution in [3.8, 4) is 11.5 Å². The van der Waals surface area contributed by atoms with E-state index in [1.165, 1.54) is 11.1 Å². The molecule has 0 amide bonds. The maximum absolute atomic E-state index is 11.2. The van der Waals surface area contributed by atoms with Crippen LogP contribution in [0.15, 0.2) is 42.5 Å². The molecule has 0 aliphatic carbocycles. The lowest BCUT2D eigenvalue weighted by Gasteiger charge is -2.08. The van der Waals surface area contributed by atoms with E-state index in [1.54, 1.807) is 21.1 Å². The zero-order chi connectivity index (χ0) is 15.2. The summed E-state index contributed by atoms with van der Waals surface area (Å²) in [6.45, 7) is 1.58. The smallest absolute Gasteiger partial charge is 0.159 e. The lowest BCUT2D eigenvalue weighted by molar-refractivity contribution is 0.101. The van der Waals surface area contributed by atoms with Gasteiger partial charge in [-0.3, -0.25) is 4.79 Å². The van der Waals surface area contributed by atoms with E-state index in [1.807, 2.05) is 42.5 Å². The van der Waals surface area contributed by atoms with Gasteiger partial charge in [0.2, 0.25) is 0 Å². The lowest BCUT2D eigenvalue weighted by atomic mass is 10.0. The first-order chi connectivity index (χ1) is 10.1. The van der Waals surface area contributed by atoms with Gasteiger partial charge in [0.05, 0.1) is 14.2 Å². The average Bonchev–Trinajstić information content (AvgIpc) is 2.52. The normalized spacial score (nSPS) is 10.2. The Hall–Kier alpha value is -2.29. The van der Waals surface area contributed by atoms with Crippen LogP contribution in [-0.2, 0) is 12.8 Å². The van der Waals surface area contributed by atoms with Crippen LogP contribution in [-0.4, -0.2) is 20.0 Å². The van der Waals surface area contributed by atoms with Crippen LogP contribution in [0.5, 0.6) is 11.5 Å². The van der Waals surface area contributed by atoms with Crippen LogP contribution in [0, 0.1) is 0 Å². The molecule has 0 fully saturated rings. The molecule has 0 N–H and O–H groups in total. The minimum absolute atomic E-state index is 0.0964. The highest BCUT2D eigenvalue weighted by Crippen LogP contribution is 2.23. The van der Waals surface area contributed by atoms with Gasteiger partial charge < -0.3 is 9.47 Å². The number of methoxy groups -OCH3 is 2. The van der Waals surface area contributed by atoms with Crippen molar-refractivity contribution in [1.82, 2.24) is 0 Å². The summed E-state index contributed by atoms with van der Waals surface area (Å²) >= 11 is 0. The first-order valence-corrected chi connectivity index (χ1v) is 6.94. The number of carbonyl (C=O) groups is 1. The molecule has 3 nitrogen and oxygen atoms in total. The number of benzene rings is 2. The third kappa shape index (κ3) is 4.09. The molecule has 2 rings (SSSR count). The standard InChI is InChI=1S/C18H20O3/c1-13(19)16-8-6-14(7-9-16)4-5-15-10-17(20-2)12-18(11-15)21-3/h6-12H,4-5H2,1-3H3. The number of rotatable bonds is 6. The quantitative estimate of drug-likeness (QED) is 0.759. The van der Waals surface area contributed by atoms with Crippen molar-refractivity contribution in [2.75, 3.05) is 14.2 Å². The molecule has 0 bridgehead atoms. The van der Waals surface area contributed by atoms with E-state index in [4.69, 9.17) is 9.47 Å². The van der Waals surface area contributed by atoms with Gasteiger partial charge in [-0.1, -0.05) is 24.3 Å². The van der Waals surface area contributed by atoms with Gasteiger partial charge in [-0.2, -0.15) is 0 Å². The molecular formula is C18H20O3. The van der Waals surface area contributed by atoms with Gasteiger partial charge >= 0.3 is 0 Å². The minimum atomic E-state index is 0.0964. The maximum atomic E-state index is 11.2. The largest absolute Gasteiger partial charge is 0.497 e. The molecule has 0 aliphatic rings. The van der Waals surface area contributed by atoms with Gasteiger partial charge in [-0.15, -0.1) is 0 Å². The molecule has 0 saturated carbocycles. The highest BCUT2D eigenvalue weighted by atomic mass is 16.5. The van der Waals surface area contributed by atoms with Crippen LogP contribution in [0.25, 0.3) is 0 Å². The maximum Gasteiger partial charge on any atom is 0.159 e. The van der Waals surface area contributed by atoms with Crippen LogP contribution >= 0.6 is 0 Å². The second kappa shape index (κ2) is 6.93. The molecule has 21 heavy (non-hydrogen) atoms. The van der Waals surface area contributed by atoms with Gasteiger partial charge in [0, 0.05) is 11.6 Å². The van der Waals surface area contributed by atoms with Crippen molar-refractivity contribution < 1.29 is 14.3 Å². The van der Waals surface area contributed by atoms with Gasteiger partial charge in [0.1, 0.15) is 11.5 Å². The molecule has 0 heterocycles. The molecule has 0 unspecified atom stereocenters. The monoisotopic (exact) mass is 284 g/mol. The fourth-order valence-electron chi connectivity index (χ4n) is 2.21. The zero-order valence-electron chi connectivity index (χ0n) is 12.7. The molecule has 0 spiro atoms. The summed E-state index contributed by atoms with van der Waals surface area (Å²) in [6, 6.07) is 13.7. The average molecular weight is 284 g/mol. The summed E-state index contributed by atoms with van der Waals surface area (Å²) < 4.78 is 10.5. The second-order valence-corrected chi connectivity index (χ2v) is 4.97. The fourth-order valence-corrected chi connectivity index (χ4v) is 2.21. The van der Waals surface area contributed by atoms with Crippen molar-refractivity contribution in [2.24, 2.45) is 0 Å². The molecule has 2 aromatic carbocycles. The predicted molar refractivity (Wildman–Crippen MR) is 83.4 cm³/mol. The van der Waals surface area contributed by atoms with E-state index in [0.29, 0.717) is 0 Å².